The molecule has 0 aliphatic rings. The number of aliphatic hydroxyl groups is 1. The van der Waals surface area contributed by atoms with Gasteiger partial charge in [0.15, 0.2) is 5.13 Å². The number of carbonyl (C=O) groups excluding carboxylic acids is 1. The molecule has 2 atom stereocenters. The van der Waals surface area contributed by atoms with Gasteiger partial charge in [0.25, 0.3) is 15.9 Å². The molecular weight excluding hydrogens is 446 g/mol. The van der Waals surface area contributed by atoms with Gasteiger partial charge in [0.1, 0.15) is 0 Å². The number of hydrogen-bond acceptors (Lipinski definition) is 6. The number of nitrogens with one attached hydrogen (secondary N) is 2. The highest BCUT2D eigenvalue weighted by atomic mass is 35.5. The molecular formula is C20H22ClN3O4S2. The lowest BCUT2D eigenvalue weighted by Gasteiger charge is -2.22. The number of thiazole rings is 1. The van der Waals surface area contributed by atoms with Crippen LogP contribution < -0.4 is 10.0 Å². The fraction of sp³-hybridized carbons (Fsp3) is 0.300. The van der Waals surface area contributed by atoms with Crippen molar-refractivity contribution in [2.24, 2.45) is 5.92 Å². The van der Waals surface area contributed by atoms with Crippen LogP contribution in [-0.2, 0) is 10.0 Å². The lowest BCUT2D eigenvalue weighted by molar-refractivity contribution is 0.0891. The summed E-state index contributed by atoms with van der Waals surface area (Å²) in [6, 6.07) is 10.4. The SMILES string of the molecule is CC[C@@H](C)[C@@H](CO)NC(=O)c1ccc2nc(NS(=O)(=O)c3ccc(Cl)cc3)sc2c1. The number of aliphatic hydroxyl groups excluding tert-OH is 1. The van der Waals surface area contributed by atoms with E-state index in [-0.39, 0.29) is 34.5 Å². The van der Waals surface area contributed by atoms with Crippen molar-refractivity contribution in [3.63, 3.8) is 0 Å². The summed E-state index contributed by atoms with van der Waals surface area (Å²) < 4.78 is 28.2. The lowest BCUT2D eigenvalue weighted by atomic mass is 9.99. The monoisotopic (exact) mass is 467 g/mol. The van der Waals surface area contributed by atoms with E-state index in [0.29, 0.717) is 20.8 Å². The summed E-state index contributed by atoms with van der Waals surface area (Å²) in [5, 5.41) is 13.0. The number of amides is 1. The van der Waals surface area contributed by atoms with E-state index < -0.39 is 10.0 Å². The molecule has 160 valence electrons. The van der Waals surface area contributed by atoms with Crippen LogP contribution in [0.15, 0.2) is 47.4 Å². The summed E-state index contributed by atoms with van der Waals surface area (Å²) in [6.45, 7) is 3.82. The molecule has 0 aliphatic heterocycles. The number of sulfonamides is 1. The van der Waals surface area contributed by atoms with Crippen molar-refractivity contribution in [2.45, 2.75) is 31.2 Å². The number of hydrogen-bond donors (Lipinski definition) is 3. The second-order valence-electron chi connectivity index (χ2n) is 6.91. The standard InChI is InChI=1S/C20H22ClN3O4S2/c1-3-12(2)17(11-25)22-19(26)13-4-9-16-18(10-13)29-20(23-16)24-30(27,28)15-7-5-14(21)6-8-15/h4-10,12,17,25H,3,11H2,1-2H3,(H,22,26)(H,23,24)/t12-,17-/m1/s1. The van der Waals surface area contributed by atoms with Gasteiger partial charge >= 0.3 is 0 Å². The van der Waals surface area contributed by atoms with Gasteiger partial charge < -0.3 is 10.4 Å². The average Bonchev–Trinajstić information content (AvgIpc) is 3.12. The Bertz CT molecular complexity index is 1150. The minimum Gasteiger partial charge on any atom is -0.394 e. The van der Waals surface area contributed by atoms with Gasteiger partial charge in [0, 0.05) is 10.6 Å². The summed E-state index contributed by atoms with van der Waals surface area (Å²) in [6.07, 6.45) is 0.830. The van der Waals surface area contributed by atoms with Crippen LogP contribution in [0.3, 0.4) is 0 Å². The molecule has 10 heteroatoms. The van der Waals surface area contributed by atoms with Crippen molar-refractivity contribution in [3.05, 3.63) is 53.1 Å². The zero-order valence-corrected chi connectivity index (χ0v) is 18.8. The first-order valence-electron chi connectivity index (χ1n) is 9.34. The predicted molar refractivity (Wildman–Crippen MR) is 120 cm³/mol. The Kier molecular flexibility index (Phi) is 6.97. The zero-order chi connectivity index (χ0) is 21.9. The topological polar surface area (TPSA) is 108 Å². The molecule has 0 saturated carbocycles. The van der Waals surface area contributed by atoms with Crippen LogP contribution in [-0.4, -0.2) is 37.1 Å². The zero-order valence-electron chi connectivity index (χ0n) is 16.4. The summed E-state index contributed by atoms with van der Waals surface area (Å²) >= 11 is 6.94. The van der Waals surface area contributed by atoms with E-state index in [1.807, 2.05) is 13.8 Å². The Labute approximate surface area is 184 Å². The molecule has 0 spiro atoms. The van der Waals surface area contributed by atoms with Crippen LogP contribution in [0.5, 0.6) is 0 Å². The van der Waals surface area contributed by atoms with Crippen LogP contribution in [0.1, 0.15) is 30.6 Å². The largest absolute Gasteiger partial charge is 0.394 e. The third kappa shape index (κ3) is 5.10. The highest BCUT2D eigenvalue weighted by Gasteiger charge is 2.20. The second-order valence-corrected chi connectivity index (χ2v) is 10.1. The quantitative estimate of drug-likeness (QED) is 0.465. The molecule has 3 aromatic rings. The van der Waals surface area contributed by atoms with E-state index >= 15 is 0 Å². The number of nitrogens with zero attached hydrogens (tertiary/aromatic N) is 1. The fourth-order valence-corrected chi connectivity index (χ4v) is 5.07. The van der Waals surface area contributed by atoms with Crippen LogP contribution >= 0.6 is 22.9 Å². The van der Waals surface area contributed by atoms with Crippen molar-refractivity contribution in [2.75, 3.05) is 11.3 Å². The summed E-state index contributed by atoms with van der Waals surface area (Å²) in [7, 11) is -3.80. The molecule has 0 saturated heterocycles. The van der Waals surface area contributed by atoms with Crippen molar-refractivity contribution < 1.29 is 18.3 Å². The lowest BCUT2D eigenvalue weighted by Crippen LogP contribution is -2.41. The van der Waals surface area contributed by atoms with E-state index in [1.165, 1.54) is 24.3 Å². The third-order valence-corrected chi connectivity index (χ3v) is 7.51. The maximum Gasteiger partial charge on any atom is 0.263 e. The number of aromatic nitrogens is 1. The van der Waals surface area contributed by atoms with Gasteiger partial charge in [-0.3, -0.25) is 9.52 Å². The minimum atomic E-state index is -3.80. The average molecular weight is 468 g/mol. The summed E-state index contributed by atoms with van der Waals surface area (Å²) in [5.74, 6) is -0.159. The molecule has 30 heavy (non-hydrogen) atoms. The molecule has 3 N–H and O–H groups in total. The molecule has 0 radical (unpaired) electrons. The van der Waals surface area contributed by atoms with Crippen LogP contribution in [0.25, 0.3) is 10.2 Å². The second kappa shape index (κ2) is 9.30. The van der Waals surface area contributed by atoms with Gasteiger partial charge in [-0.1, -0.05) is 43.2 Å². The molecule has 3 rings (SSSR count). The van der Waals surface area contributed by atoms with Gasteiger partial charge in [-0.15, -0.1) is 0 Å². The van der Waals surface area contributed by atoms with E-state index in [1.54, 1.807) is 18.2 Å². The predicted octanol–water partition coefficient (Wildman–Crippen LogP) is 3.89. The van der Waals surface area contributed by atoms with E-state index in [0.717, 1.165) is 17.8 Å². The van der Waals surface area contributed by atoms with Gasteiger partial charge in [-0.2, -0.15) is 0 Å². The van der Waals surface area contributed by atoms with Crippen molar-refractivity contribution >= 4 is 54.2 Å². The molecule has 0 bridgehead atoms. The highest BCUT2D eigenvalue weighted by molar-refractivity contribution is 7.93. The third-order valence-electron chi connectivity index (χ3n) is 4.84. The fourth-order valence-electron chi connectivity index (χ4n) is 2.80. The van der Waals surface area contributed by atoms with Gasteiger partial charge in [0.05, 0.1) is 27.8 Å². The molecule has 1 amide bonds. The molecule has 0 unspecified atom stereocenters. The Morgan fingerprint density at radius 2 is 1.93 bits per heavy atom. The molecule has 2 aromatic carbocycles. The Balaban J connectivity index is 1.80. The number of halogens is 1. The number of fused-ring (bicyclic) bond motifs is 1. The van der Waals surface area contributed by atoms with E-state index in [9.17, 15) is 18.3 Å². The van der Waals surface area contributed by atoms with Gasteiger partial charge in [0.2, 0.25) is 0 Å². The Morgan fingerprint density at radius 1 is 1.23 bits per heavy atom. The first-order valence-corrected chi connectivity index (χ1v) is 12.0. The first-order chi connectivity index (χ1) is 14.2. The van der Waals surface area contributed by atoms with Crippen molar-refractivity contribution in [1.82, 2.24) is 10.3 Å². The minimum absolute atomic E-state index is 0.0753. The van der Waals surface area contributed by atoms with Gasteiger partial charge in [-0.25, -0.2) is 13.4 Å². The number of rotatable bonds is 8. The molecule has 1 aromatic heterocycles. The first kappa shape index (κ1) is 22.5. The number of anilines is 1. The van der Waals surface area contributed by atoms with Gasteiger partial charge in [-0.05, 0) is 48.4 Å². The molecule has 1 heterocycles. The Hall–Kier alpha value is -2.20. The smallest absolute Gasteiger partial charge is 0.263 e. The van der Waals surface area contributed by atoms with E-state index in [4.69, 9.17) is 11.6 Å². The van der Waals surface area contributed by atoms with Crippen molar-refractivity contribution in [1.29, 1.82) is 0 Å². The normalized spacial score (nSPS) is 13.7. The summed E-state index contributed by atoms with van der Waals surface area (Å²) in [4.78, 5) is 16.9. The molecule has 0 aliphatic carbocycles. The highest BCUT2D eigenvalue weighted by Crippen LogP contribution is 2.29. The summed E-state index contributed by atoms with van der Waals surface area (Å²) in [5.41, 5.74) is 0.992. The maximum absolute atomic E-state index is 12.6. The van der Waals surface area contributed by atoms with Crippen LogP contribution in [0.2, 0.25) is 5.02 Å². The van der Waals surface area contributed by atoms with E-state index in [2.05, 4.69) is 15.0 Å². The maximum atomic E-state index is 12.6. The number of carbonyl (C=O) groups is 1. The Morgan fingerprint density at radius 3 is 2.57 bits per heavy atom. The van der Waals surface area contributed by atoms with Crippen LogP contribution in [0.4, 0.5) is 5.13 Å². The molecule has 0 fully saturated rings. The van der Waals surface area contributed by atoms with Crippen molar-refractivity contribution in [3.8, 4) is 0 Å². The number of benzene rings is 2. The van der Waals surface area contributed by atoms with Crippen LogP contribution in [0, 0.1) is 5.92 Å². The molecule has 7 nitrogen and oxygen atoms in total.